The van der Waals surface area contributed by atoms with Crippen LogP contribution in [0.4, 0.5) is 14.6 Å². The van der Waals surface area contributed by atoms with Gasteiger partial charge in [0.1, 0.15) is 23.1 Å². The summed E-state index contributed by atoms with van der Waals surface area (Å²) < 4.78 is 37.1. The molecule has 0 fully saturated rings. The average Bonchev–Trinajstić information content (AvgIpc) is 3.52. The topological polar surface area (TPSA) is 139 Å². The molecule has 11 heteroatoms. The van der Waals surface area contributed by atoms with Crippen LogP contribution in [-0.4, -0.2) is 37.4 Å². The van der Waals surface area contributed by atoms with Crippen LogP contribution in [0.3, 0.4) is 0 Å². The fraction of sp³-hybridized carbons (Fsp3) is 0.125. The van der Waals surface area contributed by atoms with Crippen molar-refractivity contribution in [3.63, 3.8) is 0 Å². The van der Waals surface area contributed by atoms with E-state index in [4.69, 9.17) is 10.5 Å². The lowest BCUT2D eigenvalue weighted by molar-refractivity contribution is 0.0687. The minimum atomic E-state index is -1.36. The van der Waals surface area contributed by atoms with Gasteiger partial charge in [-0.2, -0.15) is 5.10 Å². The predicted molar refractivity (Wildman–Crippen MR) is 124 cm³/mol. The molecular formula is C24H17F2N5O4. The van der Waals surface area contributed by atoms with E-state index in [1.807, 2.05) is 0 Å². The van der Waals surface area contributed by atoms with Gasteiger partial charge < -0.3 is 25.1 Å². The van der Waals surface area contributed by atoms with Crippen molar-refractivity contribution in [1.29, 1.82) is 0 Å². The van der Waals surface area contributed by atoms with E-state index < -0.39 is 23.2 Å². The van der Waals surface area contributed by atoms with Gasteiger partial charge in [-0.3, -0.25) is 9.89 Å². The van der Waals surface area contributed by atoms with Crippen LogP contribution >= 0.6 is 0 Å². The molecule has 6 rings (SSSR count). The summed E-state index contributed by atoms with van der Waals surface area (Å²) in [6.45, 7) is -0.0535. The maximum absolute atomic E-state index is 15.1. The van der Waals surface area contributed by atoms with E-state index in [1.54, 1.807) is 6.07 Å². The van der Waals surface area contributed by atoms with Crippen LogP contribution in [0, 0.1) is 11.6 Å². The quantitative estimate of drug-likeness (QED) is 0.313. The van der Waals surface area contributed by atoms with Gasteiger partial charge in [-0.15, -0.1) is 0 Å². The second kappa shape index (κ2) is 7.42. The van der Waals surface area contributed by atoms with E-state index in [-0.39, 0.29) is 58.0 Å². The number of halogens is 2. The van der Waals surface area contributed by atoms with Crippen molar-refractivity contribution < 1.29 is 23.4 Å². The van der Waals surface area contributed by atoms with Crippen LogP contribution in [0.5, 0.6) is 5.75 Å². The Morgan fingerprint density at radius 3 is 2.86 bits per heavy atom. The van der Waals surface area contributed by atoms with Crippen molar-refractivity contribution in [2.75, 3.05) is 12.3 Å². The van der Waals surface area contributed by atoms with E-state index in [1.165, 1.54) is 35.0 Å². The number of hydrogen-bond donors (Lipinski definition) is 4. The number of aromatic nitrogens is 4. The lowest BCUT2D eigenvalue weighted by Gasteiger charge is -2.11. The number of ether oxygens (including phenoxy) is 1. The molecule has 3 aromatic heterocycles. The lowest BCUT2D eigenvalue weighted by Crippen LogP contribution is -2.14. The number of anilines is 1. The lowest BCUT2D eigenvalue weighted by atomic mass is 10.00. The summed E-state index contributed by atoms with van der Waals surface area (Å²) >= 11 is 0. The number of hydrogen-bond acceptors (Lipinski definition) is 5. The Kier molecular flexibility index (Phi) is 4.43. The first-order valence-electron chi connectivity index (χ1n) is 10.7. The maximum Gasteiger partial charge on any atom is 0.353 e. The summed E-state index contributed by atoms with van der Waals surface area (Å²) in [6, 6.07) is 6.93. The Bertz CT molecular complexity index is 1750. The molecule has 0 spiro atoms. The third-order valence-corrected chi connectivity index (χ3v) is 6.33. The number of carboxylic acid groups (broad SMARTS) is 1. The first kappa shape index (κ1) is 20.9. The highest BCUT2D eigenvalue weighted by Gasteiger charge is 2.32. The number of nitrogens with one attached hydrogen (secondary N) is 2. The van der Waals surface area contributed by atoms with Gasteiger partial charge in [-0.1, -0.05) is 0 Å². The highest BCUT2D eigenvalue weighted by molar-refractivity contribution is 6.11. The molecule has 1 aliphatic heterocycles. The van der Waals surface area contributed by atoms with Gasteiger partial charge in [0.2, 0.25) is 0 Å². The molecule has 176 valence electrons. The Balaban J connectivity index is 1.71. The highest BCUT2D eigenvalue weighted by atomic mass is 19.1. The van der Waals surface area contributed by atoms with E-state index in [0.717, 1.165) is 0 Å². The minimum absolute atomic E-state index is 0.0768. The molecule has 2 aromatic carbocycles. The van der Waals surface area contributed by atoms with E-state index in [2.05, 4.69) is 15.2 Å². The van der Waals surface area contributed by atoms with Gasteiger partial charge >= 0.3 is 5.97 Å². The number of benzene rings is 2. The van der Waals surface area contributed by atoms with Crippen LogP contribution < -0.4 is 16.0 Å². The molecule has 4 heterocycles. The molecule has 9 nitrogen and oxygen atoms in total. The fourth-order valence-electron chi connectivity index (χ4n) is 4.79. The number of carboxylic acids is 1. The number of aromatic carboxylic acids is 1. The van der Waals surface area contributed by atoms with E-state index in [0.29, 0.717) is 22.9 Å². The summed E-state index contributed by atoms with van der Waals surface area (Å²) in [7, 11) is 0. The molecule has 5 N–H and O–H groups in total. The zero-order valence-corrected chi connectivity index (χ0v) is 18.0. The molecule has 0 saturated carbocycles. The van der Waals surface area contributed by atoms with Crippen molar-refractivity contribution in [3.8, 4) is 16.9 Å². The molecule has 0 unspecified atom stereocenters. The van der Waals surface area contributed by atoms with Crippen molar-refractivity contribution in [2.45, 2.75) is 13.0 Å². The number of carbonyl (C=O) groups is 1. The number of H-pyrrole nitrogens is 2. The zero-order valence-electron chi connectivity index (χ0n) is 18.0. The molecular weight excluding hydrogens is 460 g/mol. The van der Waals surface area contributed by atoms with E-state index >= 15 is 8.78 Å². The molecule has 5 aromatic rings. The summed E-state index contributed by atoms with van der Waals surface area (Å²) in [6.07, 6.45) is 1.73. The molecule has 0 radical (unpaired) electrons. The van der Waals surface area contributed by atoms with Crippen molar-refractivity contribution in [2.24, 2.45) is 0 Å². The monoisotopic (exact) mass is 477 g/mol. The highest BCUT2D eigenvalue weighted by Crippen LogP contribution is 2.44. The zero-order chi connectivity index (χ0) is 24.4. The van der Waals surface area contributed by atoms with Gasteiger partial charge in [0, 0.05) is 34.7 Å². The number of aromatic amines is 2. The number of nitrogens with two attached hydrogens (primary N) is 1. The van der Waals surface area contributed by atoms with Gasteiger partial charge in [-0.25, -0.2) is 13.6 Å². The summed E-state index contributed by atoms with van der Waals surface area (Å²) in [5, 5.41) is 17.5. The second-order valence-corrected chi connectivity index (χ2v) is 8.28. The Labute approximate surface area is 194 Å². The van der Waals surface area contributed by atoms with Crippen molar-refractivity contribution in [3.05, 3.63) is 75.3 Å². The minimum Gasteiger partial charge on any atom is -0.492 e. The van der Waals surface area contributed by atoms with Crippen LogP contribution in [0.2, 0.25) is 0 Å². The Morgan fingerprint density at radius 1 is 1.26 bits per heavy atom. The SMILES string of the molecule is Nc1n[nH]c2cc(F)c(Cn3c(C(=O)O)c(-c4ccc[nH]c4=O)c4c5c(c(F)cc43)CCO5)cc12. The van der Waals surface area contributed by atoms with Gasteiger partial charge in [0.05, 0.1) is 35.1 Å². The van der Waals surface area contributed by atoms with Crippen LogP contribution in [0.25, 0.3) is 32.9 Å². The maximum atomic E-state index is 15.1. The van der Waals surface area contributed by atoms with Crippen LogP contribution in [-0.2, 0) is 13.0 Å². The number of pyridine rings is 1. The molecule has 1 aliphatic rings. The molecule has 0 bridgehead atoms. The normalized spacial score (nSPS) is 12.9. The van der Waals surface area contributed by atoms with E-state index in [9.17, 15) is 14.7 Å². The Morgan fingerprint density at radius 2 is 2.09 bits per heavy atom. The summed E-state index contributed by atoms with van der Waals surface area (Å²) in [5.41, 5.74) is 6.17. The van der Waals surface area contributed by atoms with Crippen LogP contribution in [0.1, 0.15) is 21.6 Å². The summed E-state index contributed by atoms with van der Waals surface area (Å²) in [5.74, 6) is -2.21. The van der Waals surface area contributed by atoms with Crippen molar-refractivity contribution >= 4 is 33.6 Å². The predicted octanol–water partition coefficient (Wildman–Crippen LogP) is 3.41. The summed E-state index contributed by atoms with van der Waals surface area (Å²) in [4.78, 5) is 27.9. The second-order valence-electron chi connectivity index (χ2n) is 8.28. The third kappa shape index (κ3) is 3.01. The average molecular weight is 477 g/mol. The smallest absolute Gasteiger partial charge is 0.353 e. The number of fused-ring (bicyclic) bond motifs is 4. The first-order chi connectivity index (χ1) is 16.8. The first-order valence-corrected chi connectivity index (χ1v) is 10.7. The number of nitrogens with zero attached hydrogens (tertiary/aromatic N) is 2. The van der Waals surface area contributed by atoms with Gasteiger partial charge in [0.15, 0.2) is 5.82 Å². The third-order valence-electron chi connectivity index (χ3n) is 6.33. The number of rotatable bonds is 4. The molecule has 0 amide bonds. The van der Waals surface area contributed by atoms with Gasteiger partial charge in [-0.05, 0) is 30.3 Å². The number of nitrogen functional groups attached to an aromatic ring is 1. The Hall–Kier alpha value is -4.67. The molecule has 35 heavy (non-hydrogen) atoms. The largest absolute Gasteiger partial charge is 0.492 e. The molecule has 0 saturated heterocycles. The van der Waals surface area contributed by atoms with Gasteiger partial charge in [0.25, 0.3) is 5.56 Å². The molecule has 0 atom stereocenters. The fourth-order valence-corrected chi connectivity index (χ4v) is 4.79. The van der Waals surface area contributed by atoms with Crippen molar-refractivity contribution in [1.82, 2.24) is 19.7 Å². The van der Waals surface area contributed by atoms with Crippen LogP contribution in [0.15, 0.2) is 41.3 Å². The standard InChI is InChI=1S/C24H17F2N5O4/c25-14-7-16-13(22(27)30-29-16)6-10(14)9-31-17-8-15(26)11-3-5-35-21(11)19(17)18(20(31)24(33)34)12-2-1-4-28-23(12)32/h1-2,4,6-8H,3,5,9H2,(H,28,32)(H,33,34)(H3,27,29,30). The molecule has 0 aliphatic carbocycles.